The zero-order valence-corrected chi connectivity index (χ0v) is 30.7. The third-order valence-electron chi connectivity index (χ3n) is 10.5. The van der Waals surface area contributed by atoms with Crippen LogP contribution >= 0.6 is 0 Å². The maximum absolute atomic E-state index is 5.16. The first-order chi connectivity index (χ1) is 27.8. The Kier molecular flexibility index (Phi) is 8.58. The molecule has 9 aromatic rings. The quantitative estimate of drug-likeness (QED) is 0.157. The number of aromatic nitrogens is 4. The molecular formula is C51H37N5. The molecule has 3 heterocycles. The van der Waals surface area contributed by atoms with Crippen LogP contribution in [0.15, 0.2) is 206 Å². The van der Waals surface area contributed by atoms with Gasteiger partial charge in [-0.1, -0.05) is 146 Å². The van der Waals surface area contributed by atoms with Crippen molar-refractivity contribution in [1.82, 2.24) is 19.4 Å². The molecule has 0 fully saturated rings. The Labute approximate surface area is 326 Å². The normalized spacial score (nSPS) is 12.7. The molecule has 0 aliphatic heterocycles. The average Bonchev–Trinajstić information content (AvgIpc) is 3.67. The van der Waals surface area contributed by atoms with E-state index in [1.807, 2.05) is 24.3 Å². The lowest BCUT2D eigenvalue weighted by Crippen LogP contribution is -2.17. The molecule has 0 unspecified atom stereocenters. The number of allylic oxidation sites excluding steroid dienone is 4. The first-order valence-corrected chi connectivity index (χ1v) is 19.1. The summed E-state index contributed by atoms with van der Waals surface area (Å²) in [6.45, 7) is 0. The number of para-hydroxylation sites is 2. The Morgan fingerprint density at radius 1 is 0.446 bits per heavy atom. The number of hydrogen-bond donors (Lipinski definition) is 0. The minimum Gasteiger partial charge on any atom is -0.314 e. The van der Waals surface area contributed by atoms with E-state index in [4.69, 9.17) is 15.0 Å². The van der Waals surface area contributed by atoms with Crippen LogP contribution in [0.25, 0.3) is 67.3 Å². The lowest BCUT2D eigenvalue weighted by molar-refractivity contribution is 0.930. The van der Waals surface area contributed by atoms with Crippen molar-refractivity contribution >= 4 is 33.5 Å². The molecule has 0 amide bonds. The predicted octanol–water partition coefficient (Wildman–Crippen LogP) is 12.8. The van der Waals surface area contributed by atoms with E-state index in [-0.39, 0.29) is 0 Å². The molecule has 0 saturated carbocycles. The van der Waals surface area contributed by atoms with Gasteiger partial charge >= 0.3 is 0 Å². The summed E-state index contributed by atoms with van der Waals surface area (Å²) in [6, 6.07) is 63.5. The van der Waals surface area contributed by atoms with Gasteiger partial charge < -0.3 is 4.90 Å². The van der Waals surface area contributed by atoms with Crippen LogP contribution in [-0.4, -0.2) is 19.4 Å². The van der Waals surface area contributed by atoms with Gasteiger partial charge in [0.15, 0.2) is 5.82 Å². The number of anilines is 2. The van der Waals surface area contributed by atoms with E-state index in [0.29, 0.717) is 0 Å². The largest absolute Gasteiger partial charge is 0.314 e. The molecular weight excluding hydrogens is 683 g/mol. The molecule has 266 valence electrons. The Morgan fingerprint density at radius 3 is 1.88 bits per heavy atom. The summed E-state index contributed by atoms with van der Waals surface area (Å²) in [7, 11) is 0. The van der Waals surface area contributed by atoms with Crippen molar-refractivity contribution < 1.29 is 0 Å². The van der Waals surface area contributed by atoms with Crippen molar-refractivity contribution in [3.8, 4) is 45.2 Å². The van der Waals surface area contributed by atoms with Gasteiger partial charge in [0.05, 0.1) is 22.6 Å². The third kappa shape index (κ3) is 6.25. The molecule has 1 aliphatic rings. The van der Waals surface area contributed by atoms with Gasteiger partial charge in [-0.3, -0.25) is 4.40 Å². The monoisotopic (exact) mass is 719 g/mol. The lowest BCUT2D eigenvalue weighted by atomic mass is 9.94. The van der Waals surface area contributed by atoms with Crippen LogP contribution in [-0.2, 0) is 0 Å². The first kappa shape index (κ1) is 33.2. The van der Waals surface area contributed by atoms with Gasteiger partial charge in [-0.05, 0) is 72.5 Å². The molecule has 0 bridgehead atoms. The van der Waals surface area contributed by atoms with E-state index >= 15 is 0 Å². The van der Waals surface area contributed by atoms with E-state index < -0.39 is 0 Å². The standard InChI is InChI=1S/C51H37N5/c1-4-15-38(16-5-1)48-45-23-10-11-24-46(45)52-51(54-48)40-28-26-36(27-29-40)37-30-32-43(33-31-37)56(42-20-8-3-9-21-42)44-22-14-19-41(35-44)49-50(39-17-6-2-7-18-39)55-34-13-12-25-47(55)53-49/h1-30,32,34-35H,31,33H2. The van der Waals surface area contributed by atoms with Crippen molar-refractivity contribution in [2.75, 3.05) is 4.90 Å². The molecule has 10 rings (SSSR count). The van der Waals surface area contributed by atoms with E-state index in [0.717, 1.165) is 85.9 Å². The zero-order valence-electron chi connectivity index (χ0n) is 30.7. The van der Waals surface area contributed by atoms with Gasteiger partial charge in [0.25, 0.3) is 0 Å². The number of hydrogen-bond acceptors (Lipinski definition) is 4. The third-order valence-corrected chi connectivity index (χ3v) is 10.5. The molecule has 56 heavy (non-hydrogen) atoms. The second-order valence-electron chi connectivity index (χ2n) is 14.0. The van der Waals surface area contributed by atoms with Crippen molar-refractivity contribution in [1.29, 1.82) is 0 Å². The second kappa shape index (κ2) is 14.5. The number of rotatable bonds is 8. The van der Waals surface area contributed by atoms with Crippen molar-refractivity contribution in [3.63, 3.8) is 0 Å². The smallest absolute Gasteiger partial charge is 0.160 e. The van der Waals surface area contributed by atoms with Crippen LogP contribution < -0.4 is 4.90 Å². The summed E-state index contributed by atoms with van der Waals surface area (Å²) >= 11 is 0. The lowest BCUT2D eigenvalue weighted by Gasteiger charge is -2.30. The summed E-state index contributed by atoms with van der Waals surface area (Å²) in [5.74, 6) is 0.731. The van der Waals surface area contributed by atoms with Crippen molar-refractivity contribution in [2.24, 2.45) is 0 Å². The van der Waals surface area contributed by atoms with Gasteiger partial charge in [0.1, 0.15) is 5.65 Å². The van der Waals surface area contributed by atoms with Crippen molar-refractivity contribution in [3.05, 3.63) is 212 Å². The summed E-state index contributed by atoms with van der Waals surface area (Å²) < 4.78 is 2.19. The highest BCUT2D eigenvalue weighted by atomic mass is 15.1. The summed E-state index contributed by atoms with van der Waals surface area (Å²) in [4.78, 5) is 17.6. The summed E-state index contributed by atoms with van der Waals surface area (Å²) in [5.41, 5.74) is 15.1. The molecule has 5 nitrogen and oxygen atoms in total. The van der Waals surface area contributed by atoms with Gasteiger partial charge in [0.2, 0.25) is 0 Å². The van der Waals surface area contributed by atoms with Gasteiger partial charge in [0, 0.05) is 50.9 Å². The molecule has 0 atom stereocenters. The SMILES string of the molecule is C1=C(c2ccc(-c3nc(-c4ccccc4)c4ccccc4n3)cc2)CCC(N(c2ccccc2)c2cccc(-c3nc4ccccn4c3-c3ccccc3)c2)=C1. The van der Waals surface area contributed by atoms with Gasteiger partial charge in [-0.25, -0.2) is 15.0 Å². The van der Waals surface area contributed by atoms with Crippen LogP contribution in [0.4, 0.5) is 11.4 Å². The highest BCUT2D eigenvalue weighted by Crippen LogP contribution is 2.40. The van der Waals surface area contributed by atoms with Gasteiger partial charge in [-0.2, -0.15) is 0 Å². The molecule has 0 saturated heterocycles. The molecule has 5 heteroatoms. The Morgan fingerprint density at radius 2 is 1.11 bits per heavy atom. The molecule has 3 aromatic heterocycles. The van der Waals surface area contributed by atoms with Crippen LogP contribution in [0.3, 0.4) is 0 Å². The van der Waals surface area contributed by atoms with Crippen LogP contribution in [0.5, 0.6) is 0 Å². The molecule has 6 aromatic carbocycles. The highest BCUT2D eigenvalue weighted by Gasteiger charge is 2.21. The fraction of sp³-hybridized carbons (Fsp3) is 0.0392. The molecule has 0 spiro atoms. The summed E-state index contributed by atoms with van der Waals surface area (Å²) in [5, 5.41) is 1.05. The number of imidazole rings is 1. The van der Waals surface area contributed by atoms with E-state index in [1.54, 1.807) is 0 Å². The van der Waals surface area contributed by atoms with E-state index in [2.05, 4.69) is 185 Å². The van der Waals surface area contributed by atoms with E-state index in [1.165, 1.54) is 16.8 Å². The maximum Gasteiger partial charge on any atom is 0.160 e. The predicted molar refractivity (Wildman–Crippen MR) is 230 cm³/mol. The number of fused-ring (bicyclic) bond motifs is 2. The minimum atomic E-state index is 0.731. The van der Waals surface area contributed by atoms with Crippen molar-refractivity contribution in [2.45, 2.75) is 12.8 Å². The highest BCUT2D eigenvalue weighted by molar-refractivity contribution is 5.93. The van der Waals surface area contributed by atoms with E-state index in [9.17, 15) is 0 Å². The number of pyridine rings is 1. The Hall–Kier alpha value is -7.37. The maximum atomic E-state index is 5.16. The number of benzene rings is 6. The molecule has 0 N–H and O–H groups in total. The van der Waals surface area contributed by atoms with Gasteiger partial charge in [-0.15, -0.1) is 0 Å². The first-order valence-electron chi connectivity index (χ1n) is 19.1. The average molecular weight is 720 g/mol. The van der Waals surface area contributed by atoms with Crippen LogP contribution in [0.2, 0.25) is 0 Å². The second-order valence-corrected chi connectivity index (χ2v) is 14.0. The Balaban J connectivity index is 0.986. The number of nitrogens with zero attached hydrogens (tertiary/aromatic N) is 5. The topological polar surface area (TPSA) is 46.3 Å². The Bertz CT molecular complexity index is 2890. The van der Waals surface area contributed by atoms with Crippen LogP contribution in [0, 0.1) is 0 Å². The summed E-state index contributed by atoms with van der Waals surface area (Å²) in [6.07, 6.45) is 8.47. The van der Waals surface area contributed by atoms with Crippen LogP contribution in [0.1, 0.15) is 18.4 Å². The fourth-order valence-corrected chi connectivity index (χ4v) is 7.83. The fourth-order valence-electron chi connectivity index (χ4n) is 7.83. The molecule has 1 aliphatic carbocycles. The molecule has 0 radical (unpaired) electrons. The zero-order chi connectivity index (χ0) is 37.3. The minimum absolute atomic E-state index is 0.731.